The average Bonchev–Trinajstić information content (AvgIpc) is 2.85. The molecular formula is C10H16N2OS. The lowest BCUT2D eigenvalue weighted by Gasteiger charge is -2.18. The molecular weight excluding hydrogens is 196 g/mol. The van der Waals surface area contributed by atoms with E-state index in [1.54, 1.807) is 11.3 Å². The highest BCUT2D eigenvalue weighted by molar-refractivity contribution is 7.09. The third-order valence-electron chi connectivity index (χ3n) is 2.92. The molecule has 0 amide bonds. The van der Waals surface area contributed by atoms with Crippen LogP contribution in [0.5, 0.6) is 0 Å². The summed E-state index contributed by atoms with van der Waals surface area (Å²) in [5, 5.41) is 12.6. The summed E-state index contributed by atoms with van der Waals surface area (Å²) in [6, 6.07) is 0.502. The molecule has 1 heterocycles. The summed E-state index contributed by atoms with van der Waals surface area (Å²) >= 11 is 1.68. The number of rotatable bonds is 4. The lowest BCUT2D eigenvalue weighted by molar-refractivity contribution is 0.205. The van der Waals surface area contributed by atoms with Crippen LogP contribution < -0.4 is 5.32 Å². The van der Waals surface area contributed by atoms with Gasteiger partial charge in [0.1, 0.15) is 0 Å². The number of hydrogen-bond donors (Lipinski definition) is 2. The molecule has 2 rings (SSSR count). The Bertz CT molecular complexity index is 263. The molecule has 1 aromatic rings. The molecule has 2 N–H and O–H groups in total. The van der Waals surface area contributed by atoms with E-state index in [-0.39, 0.29) is 0 Å². The van der Waals surface area contributed by atoms with Crippen LogP contribution >= 0.6 is 11.3 Å². The van der Waals surface area contributed by atoms with Gasteiger partial charge in [0.05, 0.1) is 5.51 Å². The molecule has 2 atom stereocenters. The molecule has 0 spiro atoms. The van der Waals surface area contributed by atoms with Gasteiger partial charge >= 0.3 is 0 Å². The van der Waals surface area contributed by atoms with Crippen molar-refractivity contribution in [2.24, 2.45) is 5.92 Å². The Labute approximate surface area is 88.2 Å². The quantitative estimate of drug-likeness (QED) is 0.793. The van der Waals surface area contributed by atoms with Crippen molar-refractivity contribution in [1.82, 2.24) is 10.3 Å². The van der Waals surface area contributed by atoms with E-state index < -0.39 is 0 Å². The van der Waals surface area contributed by atoms with E-state index in [2.05, 4.69) is 10.3 Å². The molecule has 0 aromatic carbocycles. The molecule has 1 aliphatic rings. The summed E-state index contributed by atoms with van der Waals surface area (Å²) in [4.78, 5) is 5.31. The van der Waals surface area contributed by atoms with Gasteiger partial charge in [-0.25, -0.2) is 0 Å². The lowest BCUT2D eigenvalue weighted by Crippen LogP contribution is -2.33. The fourth-order valence-corrected chi connectivity index (χ4v) is 2.63. The Morgan fingerprint density at radius 2 is 2.50 bits per heavy atom. The Kier molecular flexibility index (Phi) is 3.50. The number of nitrogens with one attached hydrogen (secondary N) is 1. The van der Waals surface area contributed by atoms with Crippen LogP contribution in [0.1, 0.15) is 24.1 Å². The Balaban J connectivity index is 1.80. The molecule has 0 radical (unpaired) electrons. The van der Waals surface area contributed by atoms with E-state index in [1.807, 2.05) is 11.7 Å². The number of aliphatic hydroxyl groups excluding tert-OH is 1. The van der Waals surface area contributed by atoms with Crippen LogP contribution in [0, 0.1) is 5.92 Å². The molecule has 0 aliphatic heterocycles. The summed E-state index contributed by atoms with van der Waals surface area (Å²) < 4.78 is 0. The first-order valence-electron chi connectivity index (χ1n) is 5.11. The van der Waals surface area contributed by atoms with Gasteiger partial charge < -0.3 is 10.4 Å². The normalized spacial score (nSPS) is 26.9. The van der Waals surface area contributed by atoms with E-state index in [1.165, 1.54) is 17.7 Å². The molecule has 78 valence electrons. The minimum Gasteiger partial charge on any atom is -0.396 e. The van der Waals surface area contributed by atoms with Crippen LogP contribution in [0.3, 0.4) is 0 Å². The van der Waals surface area contributed by atoms with Crippen molar-refractivity contribution in [2.45, 2.75) is 31.8 Å². The van der Waals surface area contributed by atoms with Crippen molar-refractivity contribution < 1.29 is 5.11 Å². The van der Waals surface area contributed by atoms with E-state index in [9.17, 15) is 0 Å². The minimum atomic E-state index is 0.320. The lowest BCUT2D eigenvalue weighted by atomic mass is 10.1. The number of hydrogen-bond acceptors (Lipinski definition) is 4. The maximum atomic E-state index is 9.14. The van der Waals surface area contributed by atoms with Crippen molar-refractivity contribution in [3.8, 4) is 0 Å². The Morgan fingerprint density at radius 1 is 1.57 bits per heavy atom. The third kappa shape index (κ3) is 2.32. The SMILES string of the molecule is OCC1CCCC1NCc1cncs1. The summed E-state index contributed by atoms with van der Waals surface area (Å²) in [5.41, 5.74) is 1.86. The number of aromatic nitrogens is 1. The van der Waals surface area contributed by atoms with Gasteiger partial charge in [-0.2, -0.15) is 0 Å². The average molecular weight is 212 g/mol. The van der Waals surface area contributed by atoms with E-state index in [0.29, 0.717) is 18.6 Å². The summed E-state index contributed by atoms with van der Waals surface area (Å²) in [6.45, 7) is 1.21. The predicted octanol–water partition coefficient (Wildman–Crippen LogP) is 1.39. The highest BCUT2D eigenvalue weighted by Gasteiger charge is 2.25. The first kappa shape index (κ1) is 10.1. The highest BCUT2D eigenvalue weighted by atomic mass is 32.1. The molecule has 0 bridgehead atoms. The van der Waals surface area contributed by atoms with Crippen molar-refractivity contribution in [2.75, 3.05) is 6.61 Å². The first-order chi connectivity index (χ1) is 6.90. The topological polar surface area (TPSA) is 45.1 Å². The van der Waals surface area contributed by atoms with Crippen LogP contribution in [-0.2, 0) is 6.54 Å². The summed E-state index contributed by atoms with van der Waals surface area (Å²) in [6.07, 6.45) is 5.51. The zero-order chi connectivity index (χ0) is 9.80. The molecule has 14 heavy (non-hydrogen) atoms. The van der Waals surface area contributed by atoms with Gasteiger partial charge in [-0.15, -0.1) is 11.3 Å². The van der Waals surface area contributed by atoms with Gasteiger partial charge in [-0.05, 0) is 18.8 Å². The van der Waals surface area contributed by atoms with Gasteiger partial charge in [0.2, 0.25) is 0 Å². The smallest absolute Gasteiger partial charge is 0.0794 e. The minimum absolute atomic E-state index is 0.320. The molecule has 1 aromatic heterocycles. The van der Waals surface area contributed by atoms with E-state index in [4.69, 9.17) is 5.11 Å². The zero-order valence-electron chi connectivity index (χ0n) is 8.15. The summed E-state index contributed by atoms with van der Waals surface area (Å²) in [7, 11) is 0. The highest BCUT2D eigenvalue weighted by Crippen LogP contribution is 2.25. The van der Waals surface area contributed by atoms with Crippen molar-refractivity contribution in [1.29, 1.82) is 0 Å². The monoisotopic (exact) mass is 212 g/mol. The van der Waals surface area contributed by atoms with Gasteiger partial charge in [-0.1, -0.05) is 6.42 Å². The standard InChI is InChI=1S/C10H16N2OS/c13-6-8-2-1-3-10(8)12-5-9-4-11-7-14-9/h4,7-8,10,12-13H,1-3,5-6H2. The van der Waals surface area contributed by atoms with Crippen molar-refractivity contribution >= 4 is 11.3 Å². The zero-order valence-corrected chi connectivity index (χ0v) is 8.96. The van der Waals surface area contributed by atoms with Crippen LogP contribution in [-0.4, -0.2) is 22.7 Å². The molecule has 1 aliphatic carbocycles. The van der Waals surface area contributed by atoms with Crippen molar-refractivity contribution in [3.05, 3.63) is 16.6 Å². The van der Waals surface area contributed by atoms with E-state index >= 15 is 0 Å². The molecule has 0 saturated heterocycles. The third-order valence-corrected chi connectivity index (χ3v) is 3.70. The molecule has 2 unspecified atom stereocenters. The fraction of sp³-hybridized carbons (Fsp3) is 0.700. The predicted molar refractivity (Wildman–Crippen MR) is 57.2 cm³/mol. The maximum absolute atomic E-state index is 9.14. The van der Waals surface area contributed by atoms with Crippen molar-refractivity contribution in [3.63, 3.8) is 0 Å². The Morgan fingerprint density at radius 3 is 3.21 bits per heavy atom. The van der Waals surface area contributed by atoms with Crippen LogP contribution in [0.25, 0.3) is 0 Å². The van der Waals surface area contributed by atoms with Crippen LogP contribution in [0.15, 0.2) is 11.7 Å². The second-order valence-electron chi connectivity index (χ2n) is 3.83. The fourth-order valence-electron chi connectivity index (χ4n) is 2.09. The molecule has 1 saturated carbocycles. The summed E-state index contributed by atoms with van der Waals surface area (Å²) in [5.74, 6) is 0.461. The van der Waals surface area contributed by atoms with Gasteiger partial charge in [0.25, 0.3) is 0 Å². The second-order valence-corrected chi connectivity index (χ2v) is 4.80. The number of thiazole rings is 1. The van der Waals surface area contributed by atoms with Crippen LogP contribution in [0.2, 0.25) is 0 Å². The largest absolute Gasteiger partial charge is 0.396 e. The number of nitrogens with zero attached hydrogens (tertiary/aromatic N) is 1. The Hall–Kier alpha value is -0.450. The molecule has 3 nitrogen and oxygen atoms in total. The van der Waals surface area contributed by atoms with Gasteiger partial charge in [0.15, 0.2) is 0 Å². The number of aliphatic hydroxyl groups is 1. The van der Waals surface area contributed by atoms with Crippen LogP contribution in [0.4, 0.5) is 0 Å². The maximum Gasteiger partial charge on any atom is 0.0794 e. The second kappa shape index (κ2) is 4.87. The molecule has 4 heteroatoms. The molecule has 1 fully saturated rings. The first-order valence-corrected chi connectivity index (χ1v) is 5.99. The van der Waals surface area contributed by atoms with Gasteiger partial charge in [-0.3, -0.25) is 4.98 Å². The van der Waals surface area contributed by atoms with E-state index in [0.717, 1.165) is 13.0 Å². The van der Waals surface area contributed by atoms with Gasteiger partial charge in [0, 0.05) is 30.3 Å².